The van der Waals surface area contributed by atoms with E-state index in [1.807, 2.05) is 43.3 Å². The molecule has 1 N–H and O–H groups in total. The molecule has 0 spiro atoms. The summed E-state index contributed by atoms with van der Waals surface area (Å²) in [5, 5.41) is 2.07. The number of unbranched alkanes of at least 4 members (excludes halogenated alkanes) is 2. The maximum Gasteiger partial charge on any atom is 0.264 e. The number of fused-ring (bicyclic) bond motifs is 2. The Bertz CT molecular complexity index is 1580. The van der Waals surface area contributed by atoms with E-state index in [0.29, 0.717) is 38.8 Å². The maximum atomic E-state index is 11.1. The van der Waals surface area contributed by atoms with Gasteiger partial charge in [0.15, 0.2) is 6.54 Å². The van der Waals surface area contributed by atoms with Crippen molar-refractivity contribution >= 4 is 65.3 Å². The van der Waals surface area contributed by atoms with E-state index in [1.165, 1.54) is 0 Å². The molecule has 204 valence electrons. The summed E-state index contributed by atoms with van der Waals surface area (Å²) < 4.78 is 67.6. The van der Waals surface area contributed by atoms with E-state index in [4.69, 9.17) is 4.55 Å². The Balaban J connectivity index is 1.57. The number of benzene rings is 2. The van der Waals surface area contributed by atoms with Gasteiger partial charge in [-0.05, 0) is 56.0 Å². The lowest BCUT2D eigenvalue weighted by molar-refractivity contribution is -0.669. The highest BCUT2D eigenvalue weighted by atomic mass is 32.2. The van der Waals surface area contributed by atoms with Crippen molar-refractivity contribution in [3.8, 4) is 0 Å². The number of aromatic nitrogens is 1. The molecule has 0 amide bonds. The predicted molar refractivity (Wildman–Crippen MR) is 153 cm³/mol. The molecule has 0 fully saturated rings. The predicted octanol–water partition coefficient (Wildman–Crippen LogP) is 5.04. The van der Waals surface area contributed by atoms with Gasteiger partial charge in [-0.25, -0.2) is 8.42 Å². The van der Waals surface area contributed by atoms with Crippen LogP contribution in [0.25, 0.3) is 16.3 Å². The van der Waals surface area contributed by atoms with E-state index in [1.54, 1.807) is 23.1 Å². The molecule has 1 aliphatic rings. The second kappa shape index (κ2) is 12.3. The van der Waals surface area contributed by atoms with E-state index in [2.05, 4.69) is 33.8 Å². The second-order valence-corrected chi connectivity index (χ2v) is 14.3. The van der Waals surface area contributed by atoms with Crippen LogP contribution in [-0.2, 0) is 26.8 Å². The molecule has 0 radical (unpaired) electrons. The number of allylic oxidation sites excluding steroid dienone is 2. The number of hydrogen-bond acceptors (Lipinski definition) is 8. The van der Waals surface area contributed by atoms with Gasteiger partial charge in [-0.2, -0.15) is 13.0 Å². The number of rotatable bonds is 12. The van der Waals surface area contributed by atoms with Crippen molar-refractivity contribution in [1.29, 1.82) is 0 Å². The molecule has 38 heavy (non-hydrogen) atoms. The molecule has 2 heterocycles. The number of anilines is 1. The summed E-state index contributed by atoms with van der Waals surface area (Å²) in [6.45, 7) is 3.27. The van der Waals surface area contributed by atoms with Crippen molar-refractivity contribution in [2.75, 3.05) is 23.0 Å². The number of thioether (sulfide) groups is 1. The fraction of sp³-hybridized carbons (Fsp3) is 0.346. The van der Waals surface area contributed by atoms with Crippen LogP contribution in [0.5, 0.6) is 0 Å². The van der Waals surface area contributed by atoms with Crippen molar-refractivity contribution in [2.24, 2.45) is 0 Å². The molecular weight excluding hydrogens is 565 g/mol. The number of hydrogen-bond donors (Lipinski definition) is 1. The second-order valence-electron chi connectivity index (χ2n) is 9.11. The van der Waals surface area contributed by atoms with Gasteiger partial charge in [0, 0.05) is 35.8 Å². The highest BCUT2D eigenvalue weighted by Crippen LogP contribution is 2.46. The van der Waals surface area contributed by atoms with Crippen LogP contribution in [0.4, 0.5) is 5.69 Å². The molecule has 3 aromatic rings. The van der Waals surface area contributed by atoms with Gasteiger partial charge >= 0.3 is 0 Å². The van der Waals surface area contributed by atoms with Crippen LogP contribution >= 0.6 is 23.1 Å². The SMILES string of the molecule is CC(=C\c1sc2ccccc2[n+]1CCCCS(=O)(=O)O)/C=C1/Sc2ccccc2N1CCCCS(=O)(=O)[O-]. The molecular formula is C26H30N2O6S4. The molecule has 2 aromatic carbocycles. The normalized spacial score (nSPS) is 15.5. The molecule has 8 nitrogen and oxygen atoms in total. The molecule has 0 unspecified atom stereocenters. The molecule has 0 aliphatic carbocycles. The third-order valence-electron chi connectivity index (χ3n) is 6.04. The quantitative estimate of drug-likeness (QED) is 0.176. The Morgan fingerprint density at radius 1 is 1.00 bits per heavy atom. The molecule has 0 atom stereocenters. The van der Waals surface area contributed by atoms with E-state index < -0.39 is 20.2 Å². The van der Waals surface area contributed by atoms with Crippen LogP contribution < -0.4 is 9.47 Å². The lowest BCUT2D eigenvalue weighted by Gasteiger charge is -2.21. The molecule has 0 saturated carbocycles. The third kappa shape index (κ3) is 7.90. The number of aryl methyl sites for hydroxylation is 1. The zero-order valence-corrected chi connectivity index (χ0v) is 24.2. The minimum absolute atomic E-state index is 0.250. The van der Waals surface area contributed by atoms with E-state index in [9.17, 15) is 21.4 Å². The first-order valence-electron chi connectivity index (χ1n) is 12.2. The van der Waals surface area contributed by atoms with Crippen molar-refractivity contribution in [2.45, 2.75) is 44.0 Å². The van der Waals surface area contributed by atoms with E-state index in [-0.39, 0.29) is 11.5 Å². The van der Waals surface area contributed by atoms with Gasteiger partial charge in [0.25, 0.3) is 15.1 Å². The van der Waals surface area contributed by atoms with Crippen LogP contribution in [0.15, 0.2) is 70.1 Å². The Morgan fingerprint density at radius 2 is 1.71 bits per heavy atom. The minimum atomic E-state index is -4.22. The lowest BCUT2D eigenvalue weighted by atomic mass is 10.2. The van der Waals surface area contributed by atoms with Crippen LogP contribution in [0.3, 0.4) is 0 Å². The van der Waals surface area contributed by atoms with Crippen LogP contribution in [0.1, 0.15) is 37.6 Å². The minimum Gasteiger partial charge on any atom is -0.748 e. The maximum absolute atomic E-state index is 11.1. The highest BCUT2D eigenvalue weighted by Gasteiger charge is 2.25. The fourth-order valence-electron chi connectivity index (χ4n) is 4.32. The lowest BCUT2D eigenvalue weighted by Crippen LogP contribution is -2.35. The molecule has 1 aliphatic heterocycles. The van der Waals surface area contributed by atoms with Crippen molar-refractivity contribution in [3.63, 3.8) is 0 Å². The smallest absolute Gasteiger partial charge is 0.264 e. The van der Waals surface area contributed by atoms with Crippen LogP contribution in [0, 0.1) is 0 Å². The Kier molecular flexibility index (Phi) is 9.32. The van der Waals surface area contributed by atoms with Gasteiger partial charge in [-0.15, -0.1) is 0 Å². The summed E-state index contributed by atoms with van der Waals surface area (Å²) in [6.07, 6.45) is 6.12. The first-order valence-corrected chi connectivity index (χ1v) is 17.1. The Labute approximate surface area is 232 Å². The average Bonchev–Trinajstić information content (AvgIpc) is 3.35. The first-order chi connectivity index (χ1) is 18.0. The van der Waals surface area contributed by atoms with E-state index >= 15 is 0 Å². The molecule has 12 heteroatoms. The Morgan fingerprint density at radius 3 is 2.47 bits per heavy atom. The van der Waals surface area contributed by atoms with Crippen LogP contribution in [0.2, 0.25) is 0 Å². The highest BCUT2D eigenvalue weighted by molar-refractivity contribution is 8.03. The molecule has 0 bridgehead atoms. The van der Waals surface area contributed by atoms with Gasteiger partial charge in [0.2, 0.25) is 5.52 Å². The third-order valence-corrected chi connectivity index (χ3v) is 9.85. The summed E-state index contributed by atoms with van der Waals surface area (Å²) >= 11 is 3.32. The fourth-order valence-corrected chi connectivity index (χ4v) is 7.84. The van der Waals surface area contributed by atoms with Crippen molar-refractivity contribution < 1.29 is 30.5 Å². The summed E-state index contributed by atoms with van der Waals surface area (Å²) in [4.78, 5) is 3.29. The average molecular weight is 595 g/mol. The standard InChI is InChI=1S/C26H30N2O6S4/c1-20(18-25-27(14-6-8-16-37(29,30)31)21-10-2-4-12-23(21)35-25)19-26-28(15-7-9-17-38(32,33)34)22-11-3-5-13-24(22)36-26/h2-5,10-13,18-19H,6-9,14-17H2,1H3,(H-,29,30,31,32,33,34). The van der Waals surface area contributed by atoms with Gasteiger partial charge in [-0.3, -0.25) is 4.55 Å². The Hall–Kier alpha value is -2.22. The van der Waals surface area contributed by atoms with Gasteiger partial charge in [0.1, 0.15) is 4.70 Å². The van der Waals surface area contributed by atoms with Gasteiger partial charge < -0.3 is 9.45 Å². The van der Waals surface area contributed by atoms with E-state index in [0.717, 1.165) is 36.4 Å². The number of nitrogens with zero attached hydrogens (tertiary/aromatic N) is 2. The van der Waals surface area contributed by atoms with Crippen LogP contribution in [-0.4, -0.2) is 44.0 Å². The largest absolute Gasteiger partial charge is 0.748 e. The van der Waals surface area contributed by atoms with Gasteiger partial charge in [0.05, 0.1) is 26.6 Å². The monoisotopic (exact) mass is 594 g/mol. The summed E-state index contributed by atoms with van der Waals surface area (Å²) in [5.74, 6) is -0.607. The zero-order chi connectivity index (χ0) is 27.3. The molecule has 0 saturated heterocycles. The molecule has 4 rings (SSSR count). The summed E-state index contributed by atoms with van der Waals surface area (Å²) in [5.41, 5.74) is 3.18. The van der Waals surface area contributed by atoms with Crippen molar-refractivity contribution in [3.05, 3.63) is 70.2 Å². The zero-order valence-electron chi connectivity index (χ0n) is 20.9. The van der Waals surface area contributed by atoms with Crippen molar-refractivity contribution in [1.82, 2.24) is 0 Å². The van der Waals surface area contributed by atoms with Gasteiger partial charge in [-0.1, -0.05) is 47.4 Å². The number of thiazole rings is 1. The summed E-state index contributed by atoms with van der Waals surface area (Å²) in [6, 6.07) is 16.1. The number of para-hydroxylation sites is 2. The summed E-state index contributed by atoms with van der Waals surface area (Å²) in [7, 11) is -8.19. The molecule has 1 aromatic heterocycles. The first kappa shape index (κ1) is 28.8. The topological polar surface area (TPSA) is 119 Å².